The van der Waals surface area contributed by atoms with Gasteiger partial charge in [-0.3, -0.25) is 9.69 Å². The summed E-state index contributed by atoms with van der Waals surface area (Å²) in [4.78, 5) is 16.7. The summed E-state index contributed by atoms with van der Waals surface area (Å²) in [5.74, 6) is 0.251. The zero-order valence-electron chi connectivity index (χ0n) is 14.0. The first-order valence-electron chi connectivity index (χ1n) is 8.46. The highest BCUT2D eigenvalue weighted by atomic mass is 35.5. The van der Waals surface area contributed by atoms with Crippen molar-refractivity contribution in [3.05, 3.63) is 29.3 Å². The van der Waals surface area contributed by atoms with Gasteiger partial charge in [0, 0.05) is 26.2 Å². The van der Waals surface area contributed by atoms with E-state index in [4.69, 9.17) is 11.6 Å². The Kier molecular flexibility index (Phi) is 4.98. The van der Waals surface area contributed by atoms with Crippen molar-refractivity contribution in [2.24, 2.45) is 5.92 Å². The molecule has 1 amide bonds. The number of anilines is 1. The molecule has 0 aromatic heterocycles. The van der Waals surface area contributed by atoms with E-state index in [1.165, 1.54) is 0 Å². The molecule has 6 heteroatoms. The van der Waals surface area contributed by atoms with E-state index in [9.17, 15) is 10.1 Å². The fourth-order valence-corrected chi connectivity index (χ4v) is 3.52. The molecule has 2 aliphatic rings. The maximum atomic E-state index is 12.3. The van der Waals surface area contributed by atoms with Gasteiger partial charge in [-0.25, -0.2) is 0 Å². The standard InChI is InChI=1S/C18H23ClN4O/c1-18(13-20,14-6-7-14)21-17(24)12-22-8-10-23(11-9-22)16-5-3-2-4-15(16)19/h2-5,14H,6-12H2,1H3,(H,21,24)/t18-/m1/s1. The number of carbonyl (C=O) groups excluding carboxylic acids is 1. The molecule has 3 rings (SSSR count). The van der Waals surface area contributed by atoms with E-state index in [0.717, 1.165) is 49.7 Å². The van der Waals surface area contributed by atoms with Crippen LogP contribution in [0.4, 0.5) is 5.69 Å². The van der Waals surface area contributed by atoms with Crippen molar-refractivity contribution in [1.29, 1.82) is 5.26 Å². The van der Waals surface area contributed by atoms with Crippen LogP contribution in [0.25, 0.3) is 0 Å². The van der Waals surface area contributed by atoms with Crippen molar-refractivity contribution >= 4 is 23.2 Å². The summed E-state index contributed by atoms with van der Waals surface area (Å²) >= 11 is 6.25. The molecule has 1 aromatic carbocycles. The maximum Gasteiger partial charge on any atom is 0.235 e. The molecule has 0 bridgehead atoms. The lowest BCUT2D eigenvalue weighted by Gasteiger charge is -2.36. The Balaban J connectivity index is 1.50. The van der Waals surface area contributed by atoms with Crippen LogP contribution in [-0.4, -0.2) is 49.1 Å². The van der Waals surface area contributed by atoms with Crippen LogP contribution in [0.3, 0.4) is 0 Å². The van der Waals surface area contributed by atoms with E-state index < -0.39 is 5.54 Å². The quantitative estimate of drug-likeness (QED) is 0.888. The second-order valence-corrected chi connectivity index (χ2v) is 7.26. The van der Waals surface area contributed by atoms with E-state index in [1.54, 1.807) is 0 Å². The first-order valence-corrected chi connectivity index (χ1v) is 8.84. The van der Waals surface area contributed by atoms with Gasteiger partial charge in [0.2, 0.25) is 5.91 Å². The number of rotatable bonds is 5. The summed E-state index contributed by atoms with van der Waals surface area (Å²) in [7, 11) is 0. The molecule has 1 saturated carbocycles. The minimum atomic E-state index is -0.712. The average molecular weight is 347 g/mol. The molecule has 2 fully saturated rings. The first-order chi connectivity index (χ1) is 11.5. The van der Waals surface area contributed by atoms with E-state index in [-0.39, 0.29) is 5.91 Å². The number of para-hydroxylation sites is 1. The summed E-state index contributed by atoms with van der Waals surface area (Å²) in [5.41, 5.74) is 0.338. The number of hydrogen-bond donors (Lipinski definition) is 1. The molecule has 1 atom stereocenters. The second kappa shape index (κ2) is 7.00. The Bertz CT molecular complexity index is 647. The molecule has 1 saturated heterocycles. The van der Waals surface area contributed by atoms with Gasteiger partial charge in [0.15, 0.2) is 0 Å². The predicted octanol–water partition coefficient (Wildman–Crippen LogP) is 2.27. The molecular weight excluding hydrogens is 324 g/mol. The number of piperazine rings is 1. The number of amides is 1. The topological polar surface area (TPSA) is 59.4 Å². The third-order valence-electron chi connectivity index (χ3n) is 4.96. The highest BCUT2D eigenvalue weighted by molar-refractivity contribution is 6.33. The number of halogens is 1. The van der Waals surface area contributed by atoms with Crippen LogP contribution >= 0.6 is 11.6 Å². The van der Waals surface area contributed by atoms with Crippen molar-refractivity contribution in [1.82, 2.24) is 10.2 Å². The van der Waals surface area contributed by atoms with Crippen molar-refractivity contribution in [3.63, 3.8) is 0 Å². The average Bonchev–Trinajstić information content (AvgIpc) is 3.41. The summed E-state index contributed by atoms with van der Waals surface area (Å²) in [6, 6.07) is 10.1. The third-order valence-corrected chi connectivity index (χ3v) is 5.28. The van der Waals surface area contributed by atoms with Gasteiger partial charge in [-0.1, -0.05) is 23.7 Å². The Morgan fingerprint density at radius 3 is 2.58 bits per heavy atom. The highest BCUT2D eigenvalue weighted by Gasteiger charge is 2.43. The minimum Gasteiger partial charge on any atom is -0.368 e. The fourth-order valence-electron chi connectivity index (χ4n) is 3.27. The first kappa shape index (κ1) is 17.1. The summed E-state index contributed by atoms with van der Waals surface area (Å²) in [6.07, 6.45) is 2.06. The van der Waals surface area contributed by atoms with Gasteiger partial charge >= 0.3 is 0 Å². The summed E-state index contributed by atoms with van der Waals surface area (Å²) in [5, 5.41) is 13.0. The summed E-state index contributed by atoms with van der Waals surface area (Å²) in [6.45, 7) is 5.49. The largest absolute Gasteiger partial charge is 0.368 e. The van der Waals surface area contributed by atoms with E-state index in [2.05, 4.69) is 21.2 Å². The van der Waals surface area contributed by atoms with Gasteiger partial charge in [0.25, 0.3) is 0 Å². The predicted molar refractivity (Wildman–Crippen MR) is 95.0 cm³/mol. The van der Waals surface area contributed by atoms with Crippen LogP contribution in [0.1, 0.15) is 19.8 Å². The van der Waals surface area contributed by atoms with Crippen molar-refractivity contribution in [3.8, 4) is 6.07 Å². The summed E-state index contributed by atoms with van der Waals surface area (Å²) < 4.78 is 0. The van der Waals surface area contributed by atoms with Crippen LogP contribution in [0.5, 0.6) is 0 Å². The molecular formula is C18H23ClN4O. The number of nitrogens with one attached hydrogen (secondary N) is 1. The molecule has 1 aromatic rings. The number of carbonyl (C=O) groups is 1. The van der Waals surface area contributed by atoms with Gasteiger partial charge in [-0.15, -0.1) is 0 Å². The maximum absolute atomic E-state index is 12.3. The number of nitriles is 1. The van der Waals surface area contributed by atoms with Gasteiger partial charge in [0.1, 0.15) is 5.54 Å². The number of nitrogens with zero attached hydrogens (tertiary/aromatic N) is 3. The zero-order chi connectivity index (χ0) is 17.2. The molecule has 0 spiro atoms. The smallest absolute Gasteiger partial charge is 0.235 e. The van der Waals surface area contributed by atoms with Crippen molar-refractivity contribution in [2.75, 3.05) is 37.6 Å². The fraction of sp³-hybridized carbons (Fsp3) is 0.556. The van der Waals surface area contributed by atoms with Gasteiger partial charge in [-0.05, 0) is 37.8 Å². The van der Waals surface area contributed by atoms with Crippen molar-refractivity contribution < 1.29 is 4.79 Å². The lowest BCUT2D eigenvalue weighted by molar-refractivity contribution is -0.123. The Hall–Kier alpha value is -1.77. The molecule has 1 heterocycles. The van der Waals surface area contributed by atoms with Crippen LogP contribution in [0.2, 0.25) is 5.02 Å². The molecule has 128 valence electrons. The van der Waals surface area contributed by atoms with Crippen LogP contribution < -0.4 is 10.2 Å². The lowest BCUT2D eigenvalue weighted by atomic mass is 9.98. The van der Waals surface area contributed by atoms with Crippen LogP contribution in [0, 0.1) is 17.2 Å². The molecule has 1 aliphatic carbocycles. The Morgan fingerprint density at radius 2 is 2.00 bits per heavy atom. The highest BCUT2D eigenvalue weighted by Crippen LogP contribution is 2.39. The molecule has 0 unspecified atom stereocenters. The number of benzene rings is 1. The Morgan fingerprint density at radius 1 is 1.33 bits per heavy atom. The third kappa shape index (κ3) is 3.82. The van der Waals surface area contributed by atoms with Crippen LogP contribution in [0.15, 0.2) is 24.3 Å². The SMILES string of the molecule is C[C@](C#N)(NC(=O)CN1CCN(c2ccccc2Cl)CC1)C1CC1. The monoisotopic (exact) mass is 346 g/mol. The second-order valence-electron chi connectivity index (χ2n) is 6.85. The molecule has 5 nitrogen and oxygen atoms in total. The normalized spacial score (nSPS) is 21.0. The molecule has 1 aliphatic heterocycles. The van der Waals surface area contributed by atoms with Crippen molar-refractivity contribution in [2.45, 2.75) is 25.3 Å². The van der Waals surface area contributed by atoms with Gasteiger partial charge in [0.05, 0.1) is 23.3 Å². The van der Waals surface area contributed by atoms with E-state index in [0.29, 0.717) is 12.5 Å². The lowest BCUT2D eigenvalue weighted by Crippen LogP contribution is -2.53. The minimum absolute atomic E-state index is 0.0582. The van der Waals surface area contributed by atoms with Gasteiger partial charge in [-0.2, -0.15) is 5.26 Å². The van der Waals surface area contributed by atoms with Gasteiger partial charge < -0.3 is 10.2 Å². The van der Waals surface area contributed by atoms with E-state index >= 15 is 0 Å². The number of hydrogen-bond acceptors (Lipinski definition) is 4. The molecule has 24 heavy (non-hydrogen) atoms. The molecule has 0 radical (unpaired) electrons. The molecule has 1 N–H and O–H groups in total. The van der Waals surface area contributed by atoms with E-state index in [1.807, 2.05) is 31.2 Å². The zero-order valence-corrected chi connectivity index (χ0v) is 14.7. The van der Waals surface area contributed by atoms with Crippen LogP contribution in [-0.2, 0) is 4.79 Å². The Labute approximate surface area is 148 Å².